The van der Waals surface area contributed by atoms with Gasteiger partial charge in [-0.25, -0.2) is 9.78 Å². The minimum Gasteiger partial charge on any atom is -0.478 e. The number of halogens is 1. The highest BCUT2D eigenvalue weighted by Gasteiger charge is 2.12. The Labute approximate surface area is 82.6 Å². The number of nitrogens with zero attached hydrogens (tertiary/aromatic N) is 1. The molecule has 5 heteroatoms. The molecule has 0 fully saturated rings. The topological polar surface area (TPSA) is 50.2 Å². The van der Waals surface area contributed by atoms with E-state index in [9.17, 15) is 4.79 Å². The van der Waals surface area contributed by atoms with Gasteiger partial charge in [0.2, 0.25) is 0 Å². The SMILES string of the molecule is O=C(O)c1ccc(Cl)c2ncsc12. The molecule has 0 aliphatic heterocycles. The van der Waals surface area contributed by atoms with Gasteiger partial charge in [0.25, 0.3) is 0 Å². The van der Waals surface area contributed by atoms with Gasteiger partial charge in [-0.3, -0.25) is 0 Å². The number of hydrogen-bond donors (Lipinski definition) is 1. The highest BCUT2D eigenvalue weighted by atomic mass is 35.5. The number of aromatic nitrogens is 1. The standard InChI is InChI=1S/C8H4ClNO2S/c9-5-2-1-4(8(11)12)7-6(5)10-3-13-7/h1-3H,(H,11,12). The van der Waals surface area contributed by atoms with Gasteiger partial charge in [-0.1, -0.05) is 11.6 Å². The Morgan fingerprint density at radius 2 is 2.31 bits per heavy atom. The van der Waals surface area contributed by atoms with Crippen molar-refractivity contribution >= 4 is 39.1 Å². The molecule has 0 atom stereocenters. The second kappa shape index (κ2) is 2.97. The number of thiazole rings is 1. The van der Waals surface area contributed by atoms with Crippen LogP contribution < -0.4 is 0 Å². The molecule has 13 heavy (non-hydrogen) atoms. The smallest absolute Gasteiger partial charge is 0.337 e. The number of hydrogen-bond acceptors (Lipinski definition) is 3. The van der Waals surface area contributed by atoms with E-state index in [0.717, 1.165) is 0 Å². The molecule has 0 radical (unpaired) electrons. The van der Waals surface area contributed by atoms with E-state index >= 15 is 0 Å². The molecule has 0 aliphatic carbocycles. The van der Waals surface area contributed by atoms with Gasteiger partial charge in [0.05, 0.1) is 20.8 Å². The minimum absolute atomic E-state index is 0.252. The van der Waals surface area contributed by atoms with Crippen LogP contribution in [0.5, 0.6) is 0 Å². The number of rotatable bonds is 1. The molecule has 0 saturated heterocycles. The molecular weight excluding hydrogens is 210 g/mol. The lowest BCUT2D eigenvalue weighted by atomic mass is 10.2. The number of benzene rings is 1. The van der Waals surface area contributed by atoms with Gasteiger partial charge in [-0.15, -0.1) is 11.3 Å². The van der Waals surface area contributed by atoms with Crippen molar-refractivity contribution in [1.82, 2.24) is 4.98 Å². The van der Waals surface area contributed by atoms with Gasteiger partial charge in [0.1, 0.15) is 5.52 Å². The van der Waals surface area contributed by atoms with Crippen LogP contribution in [0.4, 0.5) is 0 Å². The van der Waals surface area contributed by atoms with Crippen LogP contribution in [0, 0.1) is 0 Å². The first-order valence-electron chi connectivity index (χ1n) is 3.45. The van der Waals surface area contributed by atoms with Crippen LogP contribution in [0.3, 0.4) is 0 Å². The number of carboxylic acid groups (broad SMARTS) is 1. The third-order valence-corrected chi connectivity index (χ3v) is 2.83. The Morgan fingerprint density at radius 3 is 3.00 bits per heavy atom. The molecule has 0 unspecified atom stereocenters. The predicted molar refractivity (Wildman–Crippen MR) is 51.6 cm³/mol. The molecule has 2 aromatic rings. The van der Waals surface area contributed by atoms with E-state index in [0.29, 0.717) is 15.2 Å². The van der Waals surface area contributed by atoms with E-state index in [1.807, 2.05) is 0 Å². The normalized spacial score (nSPS) is 10.5. The summed E-state index contributed by atoms with van der Waals surface area (Å²) in [6.45, 7) is 0. The second-order valence-corrected chi connectivity index (χ2v) is 3.69. The summed E-state index contributed by atoms with van der Waals surface area (Å²) in [5, 5.41) is 9.32. The summed E-state index contributed by atoms with van der Waals surface area (Å²) in [7, 11) is 0. The predicted octanol–water partition coefficient (Wildman–Crippen LogP) is 2.65. The van der Waals surface area contributed by atoms with Crippen molar-refractivity contribution in [2.75, 3.05) is 0 Å². The molecule has 0 amide bonds. The van der Waals surface area contributed by atoms with Crippen LogP contribution in [0.1, 0.15) is 10.4 Å². The lowest BCUT2D eigenvalue weighted by Crippen LogP contribution is -1.95. The monoisotopic (exact) mass is 213 g/mol. The number of aromatic carboxylic acids is 1. The van der Waals surface area contributed by atoms with Crippen molar-refractivity contribution in [1.29, 1.82) is 0 Å². The van der Waals surface area contributed by atoms with Gasteiger partial charge in [-0.2, -0.15) is 0 Å². The average Bonchev–Trinajstić information content (AvgIpc) is 2.53. The quantitative estimate of drug-likeness (QED) is 0.792. The van der Waals surface area contributed by atoms with E-state index < -0.39 is 5.97 Å². The zero-order chi connectivity index (χ0) is 9.42. The molecule has 3 nitrogen and oxygen atoms in total. The van der Waals surface area contributed by atoms with E-state index in [1.54, 1.807) is 11.6 Å². The van der Waals surface area contributed by atoms with Gasteiger partial charge < -0.3 is 5.11 Å². The van der Waals surface area contributed by atoms with Crippen molar-refractivity contribution in [3.8, 4) is 0 Å². The van der Waals surface area contributed by atoms with E-state index in [-0.39, 0.29) is 5.56 Å². The lowest BCUT2D eigenvalue weighted by molar-refractivity contribution is 0.0699. The molecule has 1 heterocycles. The summed E-state index contributed by atoms with van der Waals surface area (Å²) < 4.78 is 0.625. The van der Waals surface area contributed by atoms with Gasteiger partial charge in [0, 0.05) is 0 Å². The summed E-state index contributed by atoms with van der Waals surface area (Å²) >= 11 is 7.11. The molecule has 0 aliphatic rings. The number of carboxylic acids is 1. The summed E-state index contributed by atoms with van der Waals surface area (Å²) in [5.41, 5.74) is 2.40. The van der Waals surface area contributed by atoms with E-state index in [2.05, 4.69) is 4.98 Å². The maximum Gasteiger partial charge on any atom is 0.337 e. The van der Waals surface area contributed by atoms with Crippen molar-refractivity contribution in [2.45, 2.75) is 0 Å². The van der Waals surface area contributed by atoms with Crippen LogP contribution in [0.15, 0.2) is 17.6 Å². The third-order valence-electron chi connectivity index (χ3n) is 1.67. The molecule has 0 saturated carbocycles. The molecule has 0 spiro atoms. The summed E-state index contributed by atoms with van der Waals surface area (Å²) in [4.78, 5) is 14.7. The first-order chi connectivity index (χ1) is 6.20. The Bertz CT molecular complexity index is 480. The Kier molecular flexibility index (Phi) is 1.94. The minimum atomic E-state index is -0.953. The van der Waals surface area contributed by atoms with Gasteiger partial charge in [-0.05, 0) is 12.1 Å². The van der Waals surface area contributed by atoms with Crippen LogP contribution in [0.2, 0.25) is 5.02 Å². The first-order valence-corrected chi connectivity index (χ1v) is 4.71. The van der Waals surface area contributed by atoms with Crippen molar-refractivity contribution in [2.24, 2.45) is 0 Å². The first kappa shape index (κ1) is 8.47. The van der Waals surface area contributed by atoms with Gasteiger partial charge in [0.15, 0.2) is 0 Å². The summed E-state index contributed by atoms with van der Waals surface area (Å²) in [6, 6.07) is 3.04. The highest BCUT2D eigenvalue weighted by Crippen LogP contribution is 2.28. The Balaban J connectivity index is 2.86. The van der Waals surface area contributed by atoms with E-state index in [4.69, 9.17) is 16.7 Å². The fourth-order valence-corrected chi connectivity index (χ4v) is 2.17. The zero-order valence-electron chi connectivity index (χ0n) is 6.32. The maximum absolute atomic E-state index is 10.8. The Hall–Kier alpha value is -1.13. The molecule has 1 aromatic carbocycles. The van der Waals surface area contributed by atoms with Crippen LogP contribution in [-0.2, 0) is 0 Å². The zero-order valence-corrected chi connectivity index (χ0v) is 7.89. The maximum atomic E-state index is 10.8. The Morgan fingerprint density at radius 1 is 1.54 bits per heavy atom. The third kappa shape index (κ3) is 1.28. The van der Waals surface area contributed by atoms with Crippen LogP contribution >= 0.6 is 22.9 Å². The lowest BCUT2D eigenvalue weighted by Gasteiger charge is -1.96. The molecule has 1 aromatic heterocycles. The fourth-order valence-electron chi connectivity index (χ4n) is 1.09. The van der Waals surface area contributed by atoms with Crippen molar-refractivity contribution in [3.63, 3.8) is 0 Å². The largest absolute Gasteiger partial charge is 0.478 e. The van der Waals surface area contributed by atoms with Crippen LogP contribution in [0.25, 0.3) is 10.2 Å². The average molecular weight is 214 g/mol. The second-order valence-electron chi connectivity index (χ2n) is 2.43. The molecule has 66 valence electrons. The fraction of sp³-hybridized carbons (Fsp3) is 0. The highest BCUT2D eigenvalue weighted by molar-refractivity contribution is 7.17. The molecule has 1 N–H and O–H groups in total. The number of carbonyl (C=O) groups is 1. The summed E-state index contributed by atoms with van der Waals surface area (Å²) in [5.74, 6) is -0.953. The van der Waals surface area contributed by atoms with Crippen LogP contribution in [-0.4, -0.2) is 16.1 Å². The number of fused-ring (bicyclic) bond motifs is 1. The summed E-state index contributed by atoms with van der Waals surface area (Å²) in [6.07, 6.45) is 0. The molecule has 0 bridgehead atoms. The van der Waals surface area contributed by atoms with Crippen molar-refractivity contribution in [3.05, 3.63) is 28.2 Å². The van der Waals surface area contributed by atoms with Gasteiger partial charge >= 0.3 is 5.97 Å². The molecule has 2 rings (SSSR count). The molecular formula is C8H4ClNO2S. The van der Waals surface area contributed by atoms with Crippen molar-refractivity contribution < 1.29 is 9.90 Å². The van der Waals surface area contributed by atoms with E-state index in [1.165, 1.54) is 17.4 Å².